The number of aromatic nitrogens is 1. The molecule has 19 heavy (non-hydrogen) atoms. The average molecular weight is 262 g/mol. The molecule has 0 radical (unpaired) electrons. The minimum absolute atomic E-state index is 0.0901. The predicted octanol–water partition coefficient (Wildman–Crippen LogP) is 3.08. The van der Waals surface area contributed by atoms with Crippen LogP contribution in [0.4, 0.5) is 5.82 Å². The molecule has 0 bridgehead atoms. The summed E-state index contributed by atoms with van der Waals surface area (Å²) >= 11 is 0. The van der Waals surface area contributed by atoms with E-state index in [2.05, 4.69) is 30.7 Å². The standard InChI is InChI=1S/C15H26N4/c1-5-7-10-19(12(4)6-2)15-13(14(16)17)9-8-11(3)18-15/h8-9,12H,5-7,10H2,1-4H3,(H3,16,17). The van der Waals surface area contributed by atoms with E-state index >= 15 is 0 Å². The number of nitrogens with one attached hydrogen (secondary N) is 1. The SMILES string of the molecule is CCCCN(c1nc(C)ccc1C(=N)N)C(C)CC. The summed E-state index contributed by atoms with van der Waals surface area (Å²) in [7, 11) is 0. The molecule has 0 spiro atoms. The first-order chi connectivity index (χ1) is 9.01. The van der Waals surface area contributed by atoms with Gasteiger partial charge in [0.05, 0.1) is 5.56 Å². The van der Waals surface area contributed by atoms with Crippen molar-refractivity contribution in [3.63, 3.8) is 0 Å². The molecule has 1 unspecified atom stereocenters. The highest BCUT2D eigenvalue weighted by molar-refractivity contribution is 5.99. The van der Waals surface area contributed by atoms with Crippen LogP contribution in [0.25, 0.3) is 0 Å². The van der Waals surface area contributed by atoms with E-state index in [-0.39, 0.29) is 5.84 Å². The van der Waals surface area contributed by atoms with Crippen LogP contribution in [0.15, 0.2) is 12.1 Å². The van der Waals surface area contributed by atoms with Gasteiger partial charge < -0.3 is 10.6 Å². The highest BCUT2D eigenvalue weighted by Crippen LogP contribution is 2.22. The second-order valence-corrected chi connectivity index (χ2v) is 5.04. The minimum Gasteiger partial charge on any atom is -0.384 e. The van der Waals surface area contributed by atoms with E-state index < -0.39 is 0 Å². The molecule has 3 N–H and O–H groups in total. The van der Waals surface area contributed by atoms with Gasteiger partial charge in [-0.05, 0) is 38.8 Å². The summed E-state index contributed by atoms with van der Waals surface area (Å²) in [6.07, 6.45) is 3.32. The van der Waals surface area contributed by atoms with Gasteiger partial charge in [0.15, 0.2) is 0 Å². The number of nitrogens with two attached hydrogens (primary N) is 1. The molecule has 1 rings (SSSR count). The molecule has 0 aliphatic heterocycles. The molecule has 1 heterocycles. The molecule has 0 saturated carbocycles. The van der Waals surface area contributed by atoms with Crippen molar-refractivity contribution in [2.75, 3.05) is 11.4 Å². The predicted molar refractivity (Wildman–Crippen MR) is 82.0 cm³/mol. The maximum Gasteiger partial charge on any atom is 0.140 e. The molecular weight excluding hydrogens is 236 g/mol. The van der Waals surface area contributed by atoms with Crippen LogP contribution >= 0.6 is 0 Å². The summed E-state index contributed by atoms with van der Waals surface area (Å²) in [5, 5.41) is 7.73. The fourth-order valence-corrected chi connectivity index (χ4v) is 2.06. The number of amidine groups is 1. The Bertz CT molecular complexity index is 428. The minimum atomic E-state index is 0.0901. The Labute approximate surface area is 116 Å². The molecule has 0 fully saturated rings. The molecule has 0 amide bonds. The third kappa shape index (κ3) is 3.94. The summed E-state index contributed by atoms with van der Waals surface area (Å²) in [4.78, 5) is 6.91. The lowest BCUT2D eigenvalue weighted by atomic mass is 10.1. The van der Waals surface area contributed by atoms with Gasteiger partial charge in [-0.15, -0.1) is 0 Å². The summed E-state index contributed by atoms with van der Waals surface area (Å²) in [5.41, 5.74) is 7.39. The van der Waals surface area contributed by atoms with Gasteiger partial charge in [0, 0.05) is 18.3 Å². The summed E-state index contributed by atoms with van der Waals surface area (Å²) in [6, 6.07) is 4.22. The van der Waals surface area contributed by atoms with Gasteiger partial charge in [-0.2, -0.15) is 0 Å². The third-order valence-corrected chi connectivity index (χ3v) is 3.45. The van der Waals surface area contributed by atoms with Crippen molar-refractivity contribution in [3.8, 4) is 0 Å². The number of pyridine rings is 1. The van der Waals surface area contributed by atoms with E-state index in [1.54, 1.807) is 0 Å². The molecule has 0 saturated heterocycles. The lowest BCUT2D eigenvalue weighted by molar-refractivity contribution is 0.589. The fourth-order valence-electron chi connectivity index (χ4n) is 2.06. The molecule has 0 aromatic carbocycles. The molecule has 1 aromatic heterocycles. The summed E-state index contributed by atoms with van der Waals surface area (Å²) in [6.45, 7) is 9.49. The first-order valence-corrected chi connectivity index (χ1v) is 7.09. The van der Waals surface area contributed by atoms with Gasteiger partial charge in [-0.1, -0.05) is 20.3 Å². The van der Waals surface area contributed by atoms with Crippen LogP contribution in [-0.4, -0.2) is 23.4 Å². The average Bonchev–Trinajstić information content (AvgIpc) is 2.38. The van der Waals surface area contributed by atoms with Crippen molar-refractivity contribution in [2.24, 2.45) is 5.73 Å². The van der Waals surface area contributed by atoms with Crippen molar-refractivity contribution in [2.45, 2.75) is 53.0 Å². The van der Waals surface area contributed by atoms with Crippen LogP contribution in [0, 0.1) is 12.3 Å². The number of rotatable bonds is 7. The van der Waals surface area contributed by atoms with E-state index in [0.717, 1.165) is 42.9 Å². The highest BCUT2D eigenvalue weighted by Gasteiger charge is 2.18. The number of hydrogen-bond acceptors (Lipinski definition) is 3. The molecule has 0 aliphatic carbocycles. The van der Waals surface area contributed by atoms with E-state index in [0.29, 0.717) is 6.04 Å². The zero-order chi connectivity index (χ0) is 14.4. The van der Waals surface area contributed by atoms with Crippen molar-refractivity contribution >= 4 is 11.7 Å². The smallest absolute Gasteiger partial charge is 0.140 e. The van der Waals surface area contributed by atoms with E-state index in [4.69, 9.17) is 11.1 Å². The van der Waals surface area contributed by atoms with Gasteiger partial charge in [0.25, 0.3) is 0 Å². The zero-order valence-corrected chi connectivity index (χ0v) is 12.5. The Morgan fingerprint density at radius 1 is 1.42 bits per heavy atom. The van der Waals surface area contributed by atoms with E-state index in [1.165, 1.54) is 0 Å². The Balaban J connectivity index is 3.19. The Hall–Kier alpha value is -1.58. The van der Waals surface area contributed by atoms with Crippen LogP contribution in [-0.2, 0) is 0 Å². The number of hydrogen-bond donors (Lipinski definition) is 2. The Kier molecular flexibility index (Phi) is 5.80. The van der Waals surface area contributed by atoms with Crippen LogP contribution in [0.2, 0.25) is 0 Å². The number of nitrogens with zero attached hydrogens (tertiary/aromatic N) is 2. The largest absolute Gasteiger partial charge is 0.384 e. The molecule has 0 aliphatic rings. The van der Waals surface area contributed by atoms with Gasteiger partial charge in [-0.3, -0.25) is 5.41 Å². The van der Waals surface area contributed by atoms with Crippen molar-refractivity contribution in [1.29, 1.82) is 5.41 Å². The number of anilines is 1. The second kappa shape index (κ2) is 7.12. The number of nitrogen functional groups attached to an aromatic ring is 1. The van der Waals surface area contributed by atoms with Gasteiger partial charge in [0.1, 0.15) is 11.7 Å². The maximum atomic E-state index is 7.73. The fraction of sp³-hybridized carbons (Fsp3) is 0.600. The molecule has 4 heteroatoms. The first-order valence-electron chi connectivity index (χ1n) is 7.09. The van der Waals surface area contributed by atoms with Gasteiger partial charge >= 0.3 is 0 Å². The Morgan fingerprint density at radius 2 is 2.11 bits per heavy atom. The second-order valence-electron chi connectivity index (χ2n) is 5.04. The number of unbranched alkanes of at least 4 members (excludes halogenated alkanes) is 1. The van der Waals surface area contributed by atoms with Crippen LogP contribution in [0.1, 0.15) is 51.3 Å². The van der Waals surface area contributed by atoms with Gasteiger partial charge in [-0.25, -0.2) is 4.98 Å². The first kappa shape index (κ1) is 15.5. The lowest BCUT2D eigenvalue weighted by Crippen LogP contribution is -2.36. The monoisotopic (exact) mass is 262 g/mol. The lowest BCUT2D eigenvalue weighted by Gasteiger charge is -2.31. The van der Waals surface area contributed by atoms with Gasteiger partial charge in [0.2, 0.25) is 0 Å². The van der Waals surface area contributed by atoms with Crippen LogP contribution in [0.3, 0.4) is 0 Å². The quantitative estimate of drug-likeness (QED) is 0.586. The topological polar surface area (TPSA) is 66.0 Å². The third-order valence-electron chi connectivity index (χ3n) is 3.45. The maximum absolute atomic E-state index is 7.73. The highest BCUT2D eigenvalue weighted by atomic mass is 15.2. The zero-order valence-electron chi connectivity index (χ0n) is 12.5. The van der Waals surface area contributed by atoms with E-state index in [1.807, 2.05) is 19.1 Å². The van der Waals surface area contributed by atoms with Crippen molar-refractivity contribution < 1.29 is 0 Å². The molecule has 1 aromatic rings. The molecule has 1 atom stereocenters. The summed E-state index contributed by atoms with van der Waals surface area (Å²) < 4.78 is 0. The Morgan fingerprint density at radius 3 is 2.63 bits per heavy atom. The van der Waals surface area contributed by atoms with Crippen molar-refractivity contribution in [3.05, 3.63) is 23.4 Å². The molecular formula is C15H26N4. The van der Waals surface area contributed by atoms with Crippen LogP contribution in [0.5, 0.6) is 0 Å². The number of aryl methyl sites for hydroxylation is 1. The van der Waals surface area contributed by atoms with E-state index in [9.17, 15) is 0 Å². The van der Waals surface area contributed by atoms with Crippen LogP contribution < -0.4 is 10.6 Å². The van der Waals surface area contributed by atoms with Crippen molar-refractivity contribution in [1.82, 2.24) is 4.98 Å². The summed E-state index contributed by atoms with van der Waals surface area (Å²) in [5.74, 6) is 0.947. The molecule has 106 valence electrons. The molecule has 4 nitrogen and oxygen atoms in total. The normalized spacial score (nSPS) is 12.2.